The highest BCUT2D eigenvalue weighted by molar-refractivity contribution is 7.15. The van der Waals surface area contributed by atoms with Crippen molar-refractivity contribution >= 4 is 69.9 Å². The maximum atomic E-state index is 13.1. The first-order valence-electron chi connectivity index (χ1n) is 12.2. The van der Waals surface area contributed by atoms with Crippen molar-refractivity contribution in [3.63, 3.8) is 0 Å². The number of carboxylic acid groups (broad SMARTS) is 1. The van der Waals surface area contributed by atoms with Gasteiger partial charge in [-0.25, -0.2) is 0 Å². The van der Waals surface area contributed by atoms with Gasteiger partial charge in [-0.3, -0.25) is 24.6 Å². The molecule has 0 unspecified atom stereocenters. The van der Waals surface area contributed by atoms with Gasteiger partial charge in [-0.15, -0.1) is 11.3 Å². The smallest absolute Gasteiger partial charge is 0.308 e. The normalized spacial score (nSPS) is 12.1. The molecule has 0 bridgehead atoms. The monoisotopic (exact) mass is 618 g/mol. The SMILES string of the molecule is Cc1ccc(-c2cc(Cl)c(C(=O)N[C@@H](CNC(=O)CNC(=O)c3cccc(NC(=N)N)c3)[C@H](C)C(=O)O)c(Cl)c2)s1. The van der Waals surface area contributed by atoms with Crippen LogP contribution in [0.15, 0.2) is 48.5 Å². The van der Waals surface area contributed by atoms with Crippen molar-refractivity contribution < 1.29 is 24.3 Å². The number of carbonyl (C=O) groups is 4. The highest BCUT2D eigenvalue weighted by atomic mass is 35.5. The van der Waals surface area contributed by atoms with Crippen LogP contribution in [0.3, 0.4) is 0 Å². The van der Waals surface area contributed by atoms with E-state index in [1.807, 2.05) is 19.1 Å². The number of amides is 3. The topological polar surface area (TPSA) is 186 Å². The minimum atomic E-state index is -1.20. The van der Waals surface area contributed by atoms with Crippen molar-refractivity contribution in [2.75, 3.05) is 18.4 Å². The summed E-state index contributed by atoms with van der Waals surface area (Å²) in [6.45, 7) is 2.69. The first-order chi connectivity index (χ1) is 19.3. The second kappa shape index (κ2) is 14.0. The maximum absolute atomic E-state index is 13.1. The fraction of sp³-hybridized carbons (Fsp3) is 0.222. The summed E-state index contributed by atoms with van der Waals surface area (Å²) in [5.74, 6) is -4.45. The number of thiophene rings is 1. The number of aryl methyl sites for hydroxylation is 1. The lowest BCUT2D eigenvalue weighted by Crippen LogP contribution is -2.50. The van der Waals surface area contributed by atoms with E-state index in [2.05, 4.69) is 21.3 Å². The Morgan fingerprint density at radius 2 is 1.71 bits per heavy atom. The van der Waals surface area contributed by atoms with Gasteiger partial charge in [0.15, 0.2) is 5.96 Å². The zero-order chi connectivity index (χ0) is 30.3. The van der Waals surface area contributed by atoms with E-state index in [4.69, 9.17) is 34.3 Å². The molecule has 14 heteroatoms. The number of halogens is 2. The molecule has 2 atom stereocenters. The average Bonchev–Trinajstić information content (AvgIpc) is 3.34. The molecule has 0 fully saturated rings. The number of anilines is 1. The van der Waals surface area contributed by atoms with Gasteiger partial charge in [-0.1, -0.05) is 29.3 Å². The first kappa shape index (κ1) is 31.4. The van der Waals surface area contributed by atoms with Crippen LogP contribution in [0.5, 0.6) is 0 Å². The van der Waals surface area contributed by atoms with Crippen LogP contribution >= 0.6 is 34.5 Å². The highest BCUT2D eigenvalue weighted by Gasteiger charge is 2.28. The Morgan fingerprint density at radius 1 is 1.02 bits per heavy atom. The highest BCUT2D eigenvalue weighted by Crippen LogP contribution is 2.35. The van der Waals surface area contributed by atoms with Crippen molar-refractivity contribution in [1.29, 1.82) is 5.41 Å². The third-order valence-corrected chi connectivity index (χ3v) is 7.58. The zero-order valence-electron chi connectivity index (χ0n) is 22.0. The molecular weight excluding hydrogens is 591 g/mol. The summed E-state index contributed by atoms with van der Waals surface area (Å²) in [6.07, 6.45) is 0. The van der Waals surface area contributed by atoms with Gasteiger partial charge in [-0.2, -0.15) is 0 Å². The third-order valence-electron chi connectivity index (χ3n) is 5.94. The fourth-order valence-corrected chi connectivity index (χ4v) is 5.24. The average molecular weight is 620 g/mol. The number of rotatable bonds is 11. The summed E-state index contributed by atoms with van der Waals surface area (Å²) in [5.41, 5.74) is 6.66. The number of carboxylic acids is 1. The Balaban J connectivity index is 1.64. The Morgan fingerprint density at radius 3 is 2.29 bits per heavy atom. The summed E-state index contributed by atoms with van der Waals surface area (Å²) in [5, 5.41) is 27.2. The largest absolute Gasteiger partial charge is 0.481 e. The molecule has 1 aromatic heterocycles. The van der Waals surface area contributed by atoms with Gasteiger partial charge in [0.05, 0.1) is 34.1 Å². The third kappa shape index (κ3) is 8.68. The van der Waals surface area contributed by atoms with Crippen LogP contribution in [0.2, 0.25) is 10.0 Å². The van der Waals surface area contributed by atoms with Crippen LogP contribution in [0.25, 0.3) is 10.4 Å². The molecule has 3 amide bonds. The van der Waals surface area contributed by atoms with Crippen LogP contribution in [0, 0.1) is 18.3 Å². The first-order valence-corrected chi connectivity index (χ1v) is 13.8. The maximum Gasteiger partial charge on any atom is 0.308 e. The van der Waals surface area contributed by atoms with Crippen molar-refractivity contribution in [2.24, 2.45) is 11.7 Å². The van der Waals surface area contributed by atoms with Crippen molar-refractivity contribution in [3.05, 3.63) is 74.6 Å². The molecule has 2 aromatic carbocycles. The van der Waals surface area contributed by atoms with Crippen LogP contribution in [-0.2, 0) is 9.59 Å². The molecule has 1 heterocycles. The van der Waals surface area contributed by atoms with E-state index in [0.29, 0.717) is 5.69 Å². The molecular formula is C27H28Cl2N6O5S. The molecule has 0 radical (unpaired) electrons. The molecule has 11 nitrogen and oxygen atoms in total. The van der Waals surface area contributed by atoms with Gasteiger partial charge in [0.25, 0.3) is 11.8 Å². The van der Waals surface area contributed by atoms with Crippen LogP contribution in [0.1, 0.15) is 32.5 Å². The zero-order valence-corrected chi connectivity index (χ0v) is 24.3. The summed E-state index contributed by atoms with van der Waals surface area (Å²) in [7, 11) is 0. The number of hydrogen-bond donors (Lipinski definition) is 7. The van der Waals surface area contributed by atoms with Gasteiger partial charge < -0.3 is 32.1 Å². The molecule has 0 aliphatic heterocycles. The van der Waals surface area contributed by atoms with E-state index in [1.165, 1.54) is 19.1 Å². The fourth-order valence-electron chi connectivity index (χ4n) is 3.73. The summed E-state index contributed by atoms with van der Waals surface area (Å²) in [6, 6.07) is 12.2. The van der Waals surface area contributed by atoms with Crippen molar-refractivity contribution in [2.45, 2.75) is 19.9 Å². The molecule has 0 aliphatic carbocycles. The van der Waals surface area contributed by atoms with E-state index in [1.54, 1.807) is 35.6 Å². The second-order valence-electron chi connectivity index (χ2n) is 9.04. The number of hydrogen-bond acceptors (Lipinski definition) is 6. The van der Waals surface area contributed by atoms with Crippen LogP contribution < -0.4 is 27.0 Å². The van der Waals surface area contributed by atoms with Gasteiger partial charge >= 0.3 is 5.97 Å². The van der Waals surface area contributed by atoms with E-state index < -0.39 is 42.2 Å². The number of carbonyl (C=O) groups excluding carboxylic acids is 3. The summed E-state index contributed by atoms with van der Waals surface area (Å²) >= 11 is 14.4. The Labute approximate surface area is 249 Å². The van der Waals surface area contributed by atoms with Gasteiger partial charge in [-0.05, 0) is 61.9 Å². The lowest BCUT2D eigenvalue weighted by atomic mass is 10.0. The van der Waals surface area contributed by atoms with E-state index in [-0.39, 0.29) is 33.7 Å². The van der Waals surface area contributed by atoms with Gasteiger partial charge in [0.2, 0.25) is 5.91 Å². The molecule has 216 valence electrons. The Kier molecular flexibility index (Phi) is 10.7. The van der Waals surface area contributed by atoms with Crippen LogP contribution in [0.4, 0.5) is 5.69 Å². The predicted octanol–water partition coefficient (Wildman–Crippen LogP) is 3.70. The van der Waals surface area contributed by atoms with Crippen molar-refractivity contribution in [1.82, 2.24) is 16.0 Å². The lowest BCUT2D eigenvalue weighted by molar-refractivity contribution is -0.142. The van der Waals surface area contributed by atoms with Gasteiger partial charge in [0.1, 0.15) is 0 Å². The van der Waals surface area contributed by atoms with Crippen molar-refractivity contribution in [3.8, 4) is 10.4 Å². The molecule has 3 aromatic rings. The number of nitrogens with two attached hydrogens (primary N) is 1. The predicted molar refractivity (Wildman–Crippen MR) is 160 cm³/mol. The van der Waals surface area contributed by atoms with E-state index in [9.17, 15) is 24.3 Å². The molecule has 3 rings (SSSR count). The van der Waals surface area contributed by atoms with E-state index in [0.717, 1.165) is 15.3 Å². The second-order valence-corrected chi connectivity index (χ2v) is 11.1. The quantitative estimate of drug-likeness (QED) is 0.126. The molecule has 0 spiro atoms. The molecule has 41 heavy (non-hydrogen) atoms. The number of aliphatic carboxylic acids is 1. The van der Waals surface area contributed by atoms with Gasteiger partial charge in [0, 0.05) is 27.5 Å². The van der Waals surface area contributed by atoms with Crippen LogP contribution in [-0.4, -0.2) is 53.9 Å². The summed E-state index contributed by atoms with van der Waals surface area (Å²) in [4.78, 5) is 51.7. The molecule has 0 aliphatic rings. The summed E-state index contributed by atoms with van der Waals surface area (Å²) < 4.78 is 0. The van der Waals surface area contributed by atoms with E-state index >= 15 is 0 Å². The minimum absolute atomic E-state index is 0.0203. The molecule has 0 saturated carbocycles. The minimum Gasteiger partial charge on any atom is -0.481 e. The Hall–Kier alpha value is -4.13. The number of benzene rings is 2. The number of nitrogens with one attached hydrogen (secondary N) is 5. The standard InChI is InChI=1S/C27H28Cl2N6O5S/c1-13-6-7-21(41-13)16-9-18(28)23(19(29)10-16)25(38)35-20(14(2)26(39)40)11-32-22(36)12-33-24(37)15-4-3-5-17(8-15)34-27(30)31/h3-10,14,20H,11-12H2,1-2H3,(H,32,36)(H,33,37)(H,35,38)(H,39,40)(H4,30,31,34)/t14-,20-/m0/s1. The molecule has 0 saturated heterocycles. The molecule has 8 N–H and O–H groups in total. The lowest BCUT2D eigenvalue weighted by Gasteiger charge is -2.23. The Bertz CT molecular complexity index is 1470. The number of guanidine groups is 1.